The molecular formula is C26H30N6O5S. The number of rotatable bonds is 5. The van der Waals surface area contributed by atoms with Crippen molar-refractivity contribution >= 4 is 38.7 Å². The molecule has 3 amide bonds. The number of sulfonamides is 1. The lowest BCUT2D eigenvalue weighted by atomic mass is 9.90. The number of piperidine rings is 1. The third-order valence-electron chi connectivity index (χ3n) is 7.92. The van der Waals surface area contributed by atoms with Crippen molar-refractivity contribution in [1.82, 2.24) is 19.4 Å². The van der Waals surface area contributed by atoms with Gasteiger partial charge in [0.05, 0.1) is 22.6 Å². The summed E-state index contributed by atoms with van der Waals surface area (Å²) in [7, 11) is -2.11. The van der Waals surface area contributed by atoms with Crippen LogP contribution in [-0.4, -0.2) is 84.7 Å². The van der Waals surface area contributed by atoms with Crippen LogP contribution in [-0.2, 0) is 19.6 Å². The molecule has 0 unspecified atom stereocenters. The number of nitrogens with one attached hydrogen (secondary N) is 1. The fourth-order valence-corrected chi connectivity index (χ4v) is 6.85. The fourth-order valence-electron chi connectivity index (χ4n) is 5.41. The Kier molecular flexibility index (Phi) is 5.93. The number of fused-ring (bicyclic) bond motifs is 1. The number of urea groups is 1. The standard InChI is InChI=1S/C26H30N6O5S/c1-30(25(27)34)24-21-9-4-18(14-22(21)28-29-24)17-2-7-20(8-3-17)38(35,36)31-12-10-26(11-13-31)16-32(19-5-6-19)23(33)15-37-26/h2-4,7-9,14,19H,5-6,10-13,15-16H2,1H3,(H2,27,34)(H,28,29). The number of primary amides is 1. The smallest absolute Gasteiger partial charge is 0.320 e. The zero-order chi connectivity index (χ0) is 26.7. The molecule has 38 heavy (non-hydrogen) atoms. The molecule has 2 aromatic carbocycles. The number of amides is 3. The van der Waals surface area contributed by atoms with Gasteiger partial charge in [-0.25, -0.2) is 13.2 Å². The molecule has 1 saturated carbocycles. The molecule has 2 saturated heterocycles. The van der Waals surface area contributed by atoms with E-state index in [0.717, 1.165) is 34.9 Å². The van der Waals surface area contributed by atoms with Crippen molar-refractivity contribution in [2.24, 2.45) is 5.73 Å². The zero-order valence-electron chi connectivity index (χ0n) is 21.1. The highest BCUT2D eigenvalue weighted by atomic mass is 32.2. The maximum atomic E-state index is 13.4. The topological polar surface area (TPSA) is 142 Å². The van der Waals surface area contributed by atoms with Gasteiger partial charge in [0, 0.05) is 31.6 Å². The Balaban J connectivity index is 1.16. The molecule has 200 valence electrons. The summed E-state index contributed by atoms with van der Waals surface area (Å²) in [6, 6.07) is 12.2. The number of hydrogen-bond donors (Lipinski definition) is 2. The largest absolute Gasteiger partial charge is 0.363 e. The fraction of sp³-hybridized carbons (Fsp3) is 0.423. The number of aromatic amines is 1. The quantitative estimate of drug-likeness (QED) is 0.511. The van der Waals surface area contributed by atoms with Gasteiger partial charge in [-0.15, -0.1) is 0 Å². The molecule has 3 aliphatic rings. The van der Waals surface area contributed by atoms with Crippen molar-refractivity contribution in [1.29, 1.82) is 0 Å². The molecule has 6 rings (SSSR count). The third kappa shape index (κ3) is 4.32. The van der Waals surface area contributed by atoms with E-state index < -0.39 is 21.7 Å². The van der Waals surface area contributed by atoms with E-state index in [1.165, 1.54) is 9.21 Å². The summed E-state index contributed by atoms with van der Waals surface area (Å²) in [5.74, 6) is 0.479. The first-order valence-corrected chi connectivity index (χ1v) is 14.2. The summed E-state index contributed by atoms with van der Waals surface area (Å²) in [4.78, 5) is 27.2. The summed E-state index contributed by atoms with van der Waals surface area (Å²) in [5, 5.41) is 7.86. The zero-order valence-corrected chi connectivity index (χ0v) is 21.9. The minimum atomic E-state index is -3.66. The summed E-state index contributed by atoms with van der Waals surface area (Å²) >= 11 is 0. The van der Waals surface area contributed by atoms with Gasteiger partial charge in [-0.1, -0.05) is 18.2 Å². The number of anilines is 1. The molecule has 1 spiro atoms. The second-order valence-electron chi connectivity index (χ2n) is 10.4. The van der Waals surface area contributed by atoms with Crippen LogP contribution in [0.3, 0.4) is 0 Å². The van der Waals surface area contributed by atoms with E-state index in [2.05, 4.69) is 10.2 Å². The maximum absolute atomic E-state index is 13.4. The van der Waals surface area contributed by atoms with Crippen LogP contribution < -0.4 is 10.6 Å². The summed E-state index contributed by atoms with van der Waals surface area (Å²) in [6.45, 7) is 1.35. The minimum absolute atomic E-state index is 0.0402. The lowest BCUT2D eigenvalue weighted by Crippen LogP contribution is -2.59. The number of benzene rings is 2. The third-order valence-corrected chi connectivity index (χ3v) is 9.83. The first-order valence-electron chi connectivity index (χ1n) is 12.7. The minimum Gasteiger partial charge on any atom is -0.363 e. The first kappa shape index (κ1) is 24.8. The van der Waals surface area contributed by atoms with E-state index >= 15 is 0 Å². The molecule has 0 radical (unpaired) electrons. The molecule has 2 aliphatic heterocycles. The van der Waals surface area contributed by atoms with Gasteiger partial charge in [-0.3, -0.25) is 14.8 Å². The lowest BCUT2D eigenvalue weighted by Gasteiger charge is -2.46. The number of H-pyrrole nitrogens is 1. The van der Waals surface area contributed by atoms with E-state index in [-0.39, 0.29) is 17.4 Å². The summed E-state index contributed by atoms with van der Waals surface area (Å²) in [5.41, 5.74) is 7.37. The molecule has 3 N–H and O–H groups in total. The molecule has 12 heteroatoms. The number of nitrogens with zero attached hydrogens (tertiary/aromatic N) is 4. The number of ether oxygens (including phenoxy) is 1. The second kappa shape index (κ2) is 9.07. The summed E-state index contributed by atoms with van der Waals surface area (Å²) in [6.07, 6.45) is 3.22. The Bertz CT molecular complexity index is 1510. The van der Waals surface area contributed by atoms with Crippen molar-refractivity contribution < 1.29 is 22.7 Å². The predicted molar refractivity (Wildman–Crippen MR) is 141 cm³/mol. The van der Waals surface area contributed by atoms with Crippen LogP contribution >= 0.6 is 0 Å². The highest BCUT2D eigenvalue weighted by Crippen LogP contribution is 2.37. The van der Waals surface area contributed by atoms with Crippen LogP contribution in [0.4, 0.5) is 10.6 Å². The number of carbonyl (C=O) groups is 2. The normalized spacial score (nSPS) is 20.2. The van der Waals surface area contributed by atoms with E-state index in [0.29, 0.717) is 44.3 Å². The molecule has 3 heterocycles. The van der Waals surface area contributed by atoms with E-state index in [1.54, 1.807) is 31.3 Å². The average molecular weight is 539 g/mol. The van der Waals surface area contributed by atoms with E-state index in [1.807, 2.05) is 23.1 Å². The molecule has 1 aromatic heterocycles. The number of nitrogens with two attached hydrogens (primary N) is 1. The van der Waals surface area contributed by atoms with Gasteiger partial charge in [-0.05, 0) is 61.1 Å². The number of morpholine rings is 1. The number of aromatic nitrogens is 2. The Hall–Kier alpha value is -3.48. The molecular weight excluding hydrogens is 508 g/mol. The summed E-state index contributed by atoms with van der Waals surface area (Å²) < 4.78 is 34.3. The Morgan fingerprint density at radius 1 is 1.13 bits per heavy atom. The molecule has 3 aromatic rings. The Morgan fingerprint density at radius 3 is 2.47 bits per heavy atom. The predicted octanol–water partition coefficient (Wildman–Crippen LogP) is 2.29. The lowest BCUT2D eigenvalue weighted by molar-refractivity contribution is -0.170. The Morgan fingerprint density at radius 2 is 1.82 bits per heavy atom. The van der Waals surface area contributed by atoms with Gasteiger partial charge in [0.1, 0.15) is 6.61 Å². The van der Waals surface area contributed by atoms with Gasteiger partial charge in [0.25, 0.3) is 0 Å². The molecule has 0 bridgehead atoms. The SMILES string of the molecule is CN(C(N)=O)c1n[nH]c2cc(-c3ccc(S(=O)(=O)N4CCC5(CC4)CN(C4CC4)C(=O)CO5)cc3)ccc12. The van der Waals surface area contributed by atoms with Crippen LogP contribution in [0.15, 0.2) is 47.4 Å². The second-order valence-corrected chi connectivity index (χ2v) is 12.3. The average Bonchev–Trinajstić information content (AvgIpc) is 3.68. The van der Waals surface area contributed by atoms with Gasteiger partial charge in [0.15, 0.2) is 5.82 Å². The monoisotopic (exact) mass is 538 g/mol. The Labute approximate surface area is 220 Å². The highest BCUT2D eigenvalue weighted by Gasteiger charge is 2.47. The number of hydrogen-bond acceptors (Lipinski definition) is 6. The number of carbonyl (C=O) groups excluding carboxylic acids is 2. The molecule has 1 aliphatic carbocycles. The highest BCUT2D eigenvalue weighted by molar-refractivity contribution is 7.89. The van der Waals surface area contributed by atoms with Crippen molar-refractivity contribution in [2.75, 3.05) is 38.2 Å². The van der Waals surface area contributed by atoms with Crippen molar-refractivity contribution in [2.45, 2.75) is 42.2 Å². The van der Waals surface area contributed by atoms with Crippen molar-refractivity contribution in [3.8, 4) is 11.1 Å². The van der Waals surface area contributed by atoms with Gasteiger partial charge in [0.2, 0.25) is 15.9 Å². The van der Waals surface area contributed by atoms with Crippen molar-refractivity contribution in [3.63, 3.8) is 0 Å². The van der Waals surface area contributed by atoms with E-state index in [9.17, 15) is 18.0 Å². The van der Waals surface area contributed by atoms with Crippen molar-refractivity contribution in [3.05, 3.63) is 42.5 Å². The van der Waals surface area contributed by atoms with Crippen LogP contribution in [0, 0.1) is 0 Å². The van der Waals surface area contributed by atoms with Crippen LogP contribution in [0.5, 0.6) is 0 Å². The van der Waals surface area contributed by atoms with Gasteiger partial charge < -0.3 is 15.4 Å². The van der Waals surface area contributed by atoms with Gasteiger partial charge >= 0.3 is 6.03 Å². The van der Waals surface area contributed by atoms with Gasteiger partial charge in [-0.2, -0.15) is 9.40 Å². The first-order chi connectivity index (χ1) is 18.2. The van der Waals surface area contributed by atoms with Crippen LogP contribution in [0.2, 0.25) is 0 Å². The van der Waals surface area contributed by atoms with E-state index in [4.69, 9.17) is 10.5 Å². The molecule has 3 fully saturated rings. The maximum Gasteiger partial charge on any atom is 0.320 e. The van der Waals surface area contributed by atoms with Crippen LogP contribution in [0.25, 0.3) is 22.0 Å². The van der Waals surface area contributed by atoms with Crippen LogP contribution in [0.1, 0.15) is 25.7 Å². The molecule has 11 nitrogen and oxygen atoms in total. The molecule has 0 atom stereocenters.